The summed E-state index contributed by atoms with van der Waals surface area (Å²) in [6, 6.07) is 5.90. The van der Waals surface area contributed by atoms with Crippen LogP contribution in [0.2, 0.25) is 0 Å². The average molecular weight is 337 g/mol. The predicted octanol–water partition coefficient (Wildman–Crippen LogP) is 1.78. The summed E-state index contributed by atoms with van der Waals surface area (Å²) >= 11 is 0. The molecule has 1 aromatic rings. The zero-order valence-electron chi connectivity index (χ0n) is 14.6. The molecule has 0 aromatic heterocycles. The Kier molecular flexibility index (Phi) is 7.15. The first-order valence-electron chi connectivity index (χ1n) is 8.67. The maximum Gasteiger partial charge on any atom is 0.239 e. The van der Waals surface area contributed by atoms with Crippen molar-refractivity contribution >= 4 is 5.91 Å². The molecule has 1 saturated heterocycles. The van der Waals surface area contributed by atoms with Crippen molar-refractivity contribution in [3.8, 4) is 0 Å². The monoisotopic (exact) mass is 337 g/mol. The van der Waals surface area contributed by atoms with Crippen molar-refractivity contribution in [3.63, 3.8) is 0 Å². The van der Waals surface area contributed by atoms with Crippen LogP contribution in [0, 0.1) is 5.82 Å². The second kappa shape index (κ2) is 9.11. The topological polar surface area (TPSA) is 58.8 Å². The lowest BCUT2D eigenvalue weighted by Gasteiger charge is -2.43. The largest absolute Gasteiger partial charge is 0.380 e. The third kappa shape index (κ3) is 4.75. The summed E-state index contributed by atoms with van der Waals surface area (Å²) in [5, 5.41) is 0. The Balaban J connectivity index is 2.07. The number of primary amides is 1. The maximum atomic E-state index is 13.2. The number of hydrogen-bond donors (Lipinski definition) is 1. The minimum Gasteiger partial charge on any atom is -0.380 e. The van der Waals surface area contributed by atoms with Crippen molar-refractivity contribution in [3.05, 3.63) is 35.6 Å². The Morgan fingerprint density at radius 2 is 2.04 bits per heavy atom. The van der Waals surface area contributed by atoms with E-state index >= 15 is 0 Å². The van der Waals surface area contributed by atoms with Gasteiger partial charge >= 0.3 is 0 Å². The van der Waals surface area contributed by atoms with Gasteiger partial charge in [0.1, 0.15) is 11.9 Å². The molecule has 24 heavy (non-hydrogen) atoms. The lowest BCUT2D eigenvalue weighted by molar-refractivity contribution is -0.125. The normalized spacial score (nSPS) is 20.9. The zero-order valence-corrected chi connectivity index (χ0v) is 14.6. The molecule has 6 heteroatoms. The molecule has 5 nitrogen and oxygen atoms in total. The van der Waals surface area contributed by atoms with E-state index in [2.05, 4.69) is 16.7 Å². The van der Waals surface area contributed by atoms with Crippen LogP contribution in [0.15, 0.2) is 24.3 Å². The van der Waals surface area contributed by atoms with Gasteiger partial charge in [0.15, 0.2) is 0 Å². The number of hydrogen-bond acceptors (Lipinski definition) is 4. The highest BCUT2D eigenvalue weighted by Crippen LogP contribution is 2.25. The minimum atomic E-state index is -0.506. The van der Waals surface area contributed by atoms with E-state index in [-0.39, 0.29) is 11.7 Å². The molecule has 0 saturated carbocycles. The number of carbonyl (C=O) groups excluding carboxylic acids is 1. The zero-order chi connectivity index (χ0) is 17.5. The van der Waals surface area contributed by atoms with Crippen LogP contribution in [0.4, 0.5) is 4.39 Å². The minimum absolute atomic E-state index is 0.311. The molecule has 0 aliphatic carbocycles. The van der Waals surface area contributed by atoms with Crippen molar-refractivity contribution in [2.24, 2.45) is 5.73 Å². The van der Waals surface area contributed by atoms with E-state index < -0.39 is 6.04 Å². The second-order valence-electron chi connectivity index (χ2n) is 6.15. The molecular formula is C18H28FN3O2. The summed E-state index contributed by atoms with van der Waals surface area (Å²) in [6.07, 6.45) is 0.998. The molecule has 0 spiro atoms. The molecule has 134 valence electrons. The fraction of sp³-hybridized carbons (Fsp3) is 0.611. The summed E-state index contributed by atoms with van der Waals surface area (Å²) in [6.45, 7) is 8.90. The van der Waals surface area contributed by atoms with Gasteiger partial charge in [0.2, 0.25) is 5.91 Å². The molecule has 1 aliphatic rings. The van der Waals surface area contributed by atoms with Crippen molar-refractivity contribution < 1.29 is 13.9 Å². The summed E-state index contributed by atoms with van der Waals surface area (Å²) in [5.74, 6) is -0.701. The smallest absolute Gasteiger partial charge is 0.239 e. The fourth-order valence-corrected chi connectivity index (χ4v) is 3.36. The van der Waals surface area contributed by atoms with E-state index in [4.69, 9.17) is 10.5 Å². The lowest BCUT2D eigenvalue weighted by Crippen LogP contribution is -2.56. The summed E-state index contributed by atoms with van der Waals surface area (Å²) in [7, 11) is 0. The number of piperazine rings is 1. The number of amides is 1. The van der Waals surface area contributed by atoms with E-state index in [9.17, 15) is 9.18 Å². The van der Waals surface area contributed by atoms with Gasteiger partial charge in [-0.3, -0.25) is 14.6 Å². The number of nitrogens with two attached hydrogens (primary N) is 1. The Morgan fingerprint density at radius 3 is 2.62 bits per heavy atom. The third-order valence-electron chi connectivity index (χ3n) is 4.65. The molecule has 2 atom stereocenters. The molecule has 1 aromatic carbocycles. The summed E-state index contributed by atoms with van der Waals surface area (Å²) in [4.78, 5) is 16.5. The van der Waals surface area contributed by atoms with Crippen molar-refractivity contribution in [2.75, 3.05) is 39.4 Å². The SMILES string of the molecule is CCOCCN1CCN(C(C(N)=O)c2ccc(F)cc2)CC1CC. The van der Waals surface area contributed by atoms with E-state index in [0.29, 0.717) is 6.04 Å². The van der Waals surface area contributed by atoms with E-state index in [0.717, 1.165) is 51.4 Å². The Bertz CT molecular complexity index is 524. The predicted molar refractivity (Wildman–Crippen MR) is 92.1 cm³/mol. The van der Waals surface area contributed by atoms with Gasteiger partial charge in [-0.25, -0.2) is 4.39 Å². The van der Waals surface area contributed by atoms with E-state index in [1.165, 1.54) is 12.1 Å². The summed E-state index contributed by atoms with van der Waals surface area (Å²) < 4.78 is 18.6. The molecule has 0 radical (unpaired) electrons. The summed E-state index contributed by atoms with van der Waals surface area (Å²) in [5.41, 5.74) is 6.40. The number of nitrogens with zero attached hydrogens (tertiary/aromatic N) is 2. The van der Waals surface area contributed by atoms with Gasteiger partial charge in [-0.1, -0.05) is 19.1 Å². The first-order valence-corrected chi connectivity index (χ1v) is 8.67. The van der Waals surface area contributed by atoms with Crippen molar-refractivity contribution in [2.45, 2.75) is 32.4 Å². The van der Waals surface area contributed by atoms with Gasteiger partial charge in [0.25, 0.3) is 0 Å². The molecule has 1 aliphatic heterocycles. The molecule has 2 unspecified atom stereocenters. The highest BCUT2D eigenvalue weighted by Gasteiger charge is 2.33. The molecule has 1 heterocycles. The van der Waals surface area contributed by atoms with Crippen LogP contribution < -0.4 is 5.73 Å². The Morgan fingerprint density at radius 1 is 1.33 bits per heavy atom. The molecule has 2 rings (SSSR count). The van der Waals surface area contributed by atoms with Crippen molar-refractivity contribution in [1.82, 2.24) is 9.80 Å². The number of carbonyl (C=O) groups is 1. The first-order chi connectivity index (χ1) is 11.6. The highest BCUT2D eigenvalue weighted by atomic mass is 19.1. The van der Waals surface area contributed by atoms with Crippen LogP contribution in [0.1, 0.15) is 31.9 Å². The molecule has 0 bridgehead atoms. The van der Waals surface area contributed by atoms with Gasteiger partial charge in [0, 0.05) is 38.8 Å². The van der Waals surface area contributed by atoms with Crippen LogP contribution in [0.3, 0.4) is 0 Å². The Hall–Kier alpha value is -1.50. The molecule has 2 N–H and O–H groups in total. The van der Waals surface area contributed by atoms with E-state index in [1.54, 1.807) is 12.1 Å². The van der Waals surface area contributed by atoms with Gasteiger partial charge in [-0.15, -0.1) is 0 Å². The maximum absolute atomic E-state index is 13.2. The standard InChI is InChI=1S/C18H28FN3O2/c1-3-16-13-22(10-9-21(16)11-12-24-4-2)17(18(20)23)14-5-7-15(19)8-6-14/h5-8,16-17H,3-4,9-13H2,1-2H3,(H2,20,23). The Labute approximate surface area is 143 Å². The van der Waals surface area contributed by atoms with Crippen LogP contribution in [-0.2, 0) is 9.53 Å². The van der Waals surface area contributed by atoms with Gasteiger partial charge < -0.3 is 10.5 Å². The lowest BCUT2D eigenvalue weighted by atomic mass is 10.0. The van der Waals surface area contributed by atoms with Gasteiger partial charge in [-0.2, -0.15) is 0 Å². The van der Waals surface area contributed by atoms with Crippen LogP contribution >= 0.6 is 0 Å². The van der Waals surface area contributed by atoms with Gasteiger partial charge in [-0.05, 0) is 31.0 Å². The second-order valence-corrected chi connectivity index (χ2v) is 6.15. The number of halogens is 1. The van der Waals surface area contributed by atoms with Crippen molar-refractivity contribution in [1.29, 1.82) is 0 Å². The highest BCUT2D eigenvalue weighted by molar-refractivity contribution is 5.81. The third-order valence-corrected chi connectivity index (χ3v) is 4.65. The molecule has 1 amide bonds. The quantitative estimate of drug-likeness (QED) is 0.735. The molecular weight excluding hydrogens is 309 g/mol. The first kappa shape index (κ1) is 18.8. The van der Waals surface area contributed by atoms with Gasteiger partial charge in [0.05, 0.1) is 6.61 Å². The number of rotatable bonds is 8. The van der Waals surface area contributed by atoms with E-state index in [1.807, 2.05) is 6.92 Å². The molecule has 1 fully saturated rings. The van der Waals surface area contributed by atoms with Crippen LogP contribution in [0.5, 0.6) is 0 Å². The van der Waals surface area contributed by atoms with Crippen LogP contribution in [0.25, 0.3) is 0 Å². The fourth-order valence-electron chi connectivity index (χ4n) is 3.36. The number of benzene rings is 1. The average Bonchev–Trinajstić information content (AvgIpc) is 2.57. The van der Waals surface area contributed by atoms with Crippen LogP contribution in [-0.4, -0.2) is 61.1 Å². The number of ether oxygens (including phenoxy) is 1.